The lowest BCUT2D eigenvalue weighted by molar-refractivity contribution is -0.129. The number of unbranched alkanes of at least 4 members (excludes halogenated alkanes) is 1. The largest absolute Gasteiger partial charge is 0.508 e. The quantitative estimate of drug-likeness (QED) is 0.823. The lowest BCUT2D eigenvalue weighted by Crippen LogP contribution is -2.28. The highest BCUT2D eigenvalue weighted by atomic mass is 16.3. The van der Waals surface area contributed by atoms with Crippen molar-refractivity contribution in [1.82, 2.24) is 4.90 Å². The van der Waals surface area contributed by atoms with Gasteiger partial charge in [0.1, 0.15) is 5.75 Å². The van der Waals surface area contributed by atoms with Crippen LogP contribution in [0.5, 0.6) is 5.75 Å². The number of benzene rings is 1. The van der Waals surface area contributed by atoms with Gasteiger partial charge in [0, 0.05) is 20.0 Å². The molecular weight excluding hydrogens is 214 g/mol. The van der Waals surface area contributed by atoms with Crippen molar-refractivity contribution in [3.8, 4) is 5.75 Å². The Kier molecular flexibility index (Phi) is 5.53. The summed E-state index contributed by atoms with van der Waals surface area (Å²) >= 11 is 0. The summed E-state index contributed by atoms with van der Waals surface area (Å²) in [6, 6.07) is 7.18. The molecule has 17 heavy (non-hydrogen) atoms. The first kappa shape index (κ1) is 13.6. The average molecular weight is 235 g/mol. The van der Waals surface area contributed by atoms with E-state index in [4.69, 9.17) is 0 Å². The summed E-state index contributed by atoms with van der Waals surface area (Å²) in [5, 5.41) is 9.32. The van der Waals surface area contributed by atoms with E-state index in [1.165, 1.54) is 0 Å². The van der Waals surface area contributed by atoms with Gasteiger partial charge in [-0.25, -0.2) is 0 Å². The Hall–Kier alpha value is -1.51. The number of aromatic hydroxyl groups is 1. The van der Waals surface area contributed by atoms with E-state index >= 15 is 0 Å². The van der Waals surface area contributed by atoms with Gasteiger partial charge >= 0.3 is 0 Å². The third-order valence-electron chi connectivity index (χ3n) is 2.82. The van der Waals surface area contributed by atoms with Gasteiger partial charge in [0.05, 0.1) is 0 Å². The van der Waals surface area contributed by atoms with Crippen molar-refractivity contribution < 1.29 is 9.90 Å². The van der Waals surface area contributed by atoms with Crippen molar-refractivity contribution in [2.75, 3.05) is 13.6 Å². The normalized spacial score (nSPS) is 10.2. The highest BCUT2D eigenvalue weighted by Gasteiger charge is 2.07. The molecule has 1 rings (SSSR count). The minimum Gasteiger partial charge on any atom is -0.508 e. The van der Waals surface area contributed by atoms with Crippen LogP contribution in [0.2, 0.25) is 0 Å². The molecule has 1 N–H and O–H groups in total. The van der Waals surface area contributed by atoms with Crippen LogP contribution in [-0.2, 0) is 11.2 Å². The van der Waals surface area contributed by atoms with Crippen LogP contribution in [0.3, 0.4) is 0 Å². The van der Waals surface area contributed by atoms with Gasteiger partial charge in [-0.2, -0.15) is 0 Å². The highest BCUT2D eigenvalue weighted by Crippen LogP contribution is 2.11. The van der Waals surface area contributed by atoms with E-state index in [1.54, 1.807) is 17.0 Å². The molecule has 0 saturated heterocycles. The van der Waals surface area contributed by atoms with E-state index in [-0.39, 0.29) is 11.7 Å². The third-order valence-corrected chi connectivity index (χ3v) is 2.82. The summed E-state index contributed by atoms with van der Waals surface area (Å²) in [4.78, 5) is 13.4. The van der Waals surface area contributed by atoms with Crippen molar-refractivity contribution in [3.05, 3.63) is 29.8 Å². The number of amides is 1. The molecule has 0 spiro atoms. The van der Waals surface area contributed by atoms with E-state index in [0.717, 1.165) is 24.8 Å². The van der Waals surface area contributed by atoms with Crippen LogP contribution in [-0.4, -0.2) is 29.5 Å². The molecule has 3 nitrogen and oxygen atoms in total. The van der Waals surface area contributed by atoms with E-state index in [1.807, 2.05) is 19.2 Å². The van der Waals surface area contributed by atoms with Crippen molar-refractivity contribution in [2.45, 2.75) is 32.6 Å². The predicted octanol–water partition coefficient (Wildman–Crippen LogP) is 2.58. The number of hydrogen-bond donors (Lipinski definition) is 1. The zero-order chi connectivity index (χ0) is 12.7. The molecule has 0 atom stereocenters. The zero-order valence-corrected chi connectivity index (χ0v) is 10.6. The van der Waals surface area contributed by atoms with E-state index in [2.05, 4.69) is 6.92 Å². The van der Waals surface area contributed by atoms with E-state index < -0.39 is 0 Å². The zero-order valence-electron chi connectivity index (χ0n) is 10.6. The van der Waals surface area contributed by atoms with Crippen LogP contribution < -0.4 is 0 Å². The van der Waals surface area contributed by atoms with Crippen LogP contribution in [0.25, 0.3) is 0 Å². The van der Waals surface area contributed by atoms with Crippen LogP contribution in [0.15, 0.2) is 24.3 Å². The summed E-state index contributed by atoms with van der Waals surface area (Å²) in [6.07, 6.45) is 3.41. The first-order chi connectivity index (χ1) is 8.13. The van der Waals surface area contributed by atoms with E-state index in [0.29, 0.717) is 13.0 Å². The third kappa shape index (κ3) is 4.89. The van der Waals surface area contributed by atoms with Crippen LogP contribution in [0.4, 0.5) is 0 Å². The second-order valence-electron chi connectivity index (χ2n) is 4.34. The Labute approximate surface area is 103 Å². The summed E-state index contributed by atoms with van der Waals surface area (Å²) in [5.41, 5.74) is 1.06. The Morgan fingerprint density at radius 1 is 1.41 bits per heavy atom. The lowest BCUT2D eigenvalue weighted by atomic mass is 10.1. The number of carbonyl (C=O) groups excluding carboxylic acids is 1. The second kappa shape index (κ2) is 6.94. The molecular formula is C14H21NO2. The fraction of sp³-hybridized carbons (Fsp3) is 0.500. The molecule has 94 valence electrons. The molecule has 0 aliphatic heterocycles. The monoisotopic (exact) mass is 235 g/mol. The molecule has 0 radical (unpaired) electrons. The number of phenols is 1. The van der Waals surface area contributed by atoms with Crippen molar-refractivity contribution >= 4 is 5.91 Å². The minimum absolute atomic E-state index is 0.201. The first-order valence-corrected chi connectivity index (χ1v) is 6.15. The molecule has 0 heterocycles. The Balaban J connectivity index is 2.37. The number of rotatable bonds is 6. The number of nitrogens with zero attached hydrogens (tertiary/aromatic N) is 1. The molecule has 0 unspecified atom stereocenters. The molecule has 0 aliphatic carbocycles. The van der Waals surface area contributed by atoms with Gasteiger partial charge in [-0.3, -0.25) is 4.79 Å². The molecule has 1 amide bonds. The standard InChI is InChI=1S/C14H21NO2/c1-3-4-8-14(17)15(2)10-9-12-6-5-7-13(16)11-12/h5-7,11,16H,3-4,8-10H2,1-2H3. The molecule has 1 aromatic carbocycles. The van der Waals surface area contributed by atoms with Crippen LogP contribution in [0.1, 0.15) is 31.7 Å². The first-order valence-electron chi connectivity index (χ1n) is 6.15. The van der Waals surface area contributed by atoms with Crippen LogP contribution in [0, 0.1) is 0 Å². The highest BCUT2D eigenvalue weighted by molar-refractivity contribution is 5.75. The topological polar surface area (TPSA) is 40.5 Å². The smallest absolute Gasteiger partial charge is 0.222 e. The van der Waals surface area contributed by atoms with Gasteiger partial charge in [0.25, 0.3) is 0 Å². The number of carbonyl (C=O) groups is 1. The maximum absolute atomic E-state index is 11.7. The summed E-state index contributed by atoms with van der Waals surface area (Å²) in [5.74, 6) is 0.481. The summed E-state index contributed by atoms with van der Waals surface area (Å²) in [6.45, 7) is 2.78. The fourth-order valence-corrected chi connectivity index (χ4v) is 1.65. The molecule has 0 aliphatic rings. The molecule has 0 fully saturated rings. The molecule has 3 heteroatoms. The van der Waals surface area contributed by atoms with Gasteiger partial charge in [0.15, 0.2) is 0 Å². The molecule has 0 saturated carbocycles. The Morgan fingerprint density at radius 3 is 2.82 bits per heavy atom. The second-order valence-corrected chi connectivity index (χ2v) is 4.34. The van der Waals surface area contributed by atoms with Crippen LogP contribution >= 0.6 is 0 Å². The molecule has 0 bridgehead atoms. The number of likely N-dealkylation sites (N-methyl/N-ethyl adjacent to an activating group) is 1. The Morgan fingerprint density at radius 2 is 2.18 bits per heavy atom. The van der Waals surface area contributed by atoms with Crippen molar-refractivity contribution in [3.63, 3.8) is 0 Å². The predicted molar refractivity (Wildman–Crippen MR) is 69.0 cm³/mol. The van der Waals surface area contributed by atoms with E-state index in [9.17, 15) is 9.90 Å². The fourth-order valence-electron chi connectivity index (χ4n) is 1.65. The number of hydrogen-bond acceptors (Lipinski definition) is 2. The summed E-state index contributed by atoms with van der Waals surface area (Å²) < 4.78 is 0. The van der Waals surface area contributed by atoms with Crippen molar-refractivity contribution in [1.29, 1.82) is 0 Å². The molecule has 1 aromatic rings. The van der Waals surface area contributed by atoms with Gasteiger partial charge in [-0.1, -0.05) is 25.5 Å². The average Bonchev–Trinajstić information content (AvgIpc) is 2.33. The minimum atomic E-state index is 0.201. The van der Waals surface area contributed by atoms with Gasteiger partial charge in [-0.05, 0) is 30.5 Å². The lowest BCUT2D eigenvalue weighted by Gasteiger charge is -2.17. The van der Waals surface area contributed by atoms with Gasteiger partial charge in [0.2, 0.25) is 5.91 Å². The number of phenolic OH excluding ortho intramolecular Hbond substituents is 1. The summed E-state index contributed by atoms with van der Waals surface area (Å²) in [7, 11) is 1.83. The maximum atomic E-state index is 11.7. The Bertz CT molecular complexity index is 363. The maximum Gasteiger partial charge on any atom is 0.222 e. The molecule has 0 aromatic heterocycles. The van der Waals surface area contributed by atoms with Crippen molar-refractivity contribution in [2.24, 2.45) is 0 Å². The SMILES string of the molecule is CCCCC(=O)N(C)CCc1cccc(O)c1. The van der Waals surface area contributed by atoms with Gasteiger partial charge < -0.3 is 10.0 Å². The van der Waals surface area contributed by atoms with Gasteiger partial charge in [-0.15, -0.1) is 0 Å².